The van der Waals surface area contributed by atoms with E-state index in [0.717, 1.165) is 28.1 Å². The Kier molecular flexibility index (Phi) is 5.44. The van der Waals surface area contributed by atoms with Gasteiger partial charge in [-0.15, -0.1) is 11.8 Å². The second-order valence-electron chi connectivity index (χ2n) is 6.59. The third-order valence-corrected chi connectivity index (χ3v) is 5.79. The van der Waals surface area contributed by atoms with Crippen molar-refractivity contribution in [1.82, 2.24) is 9.55 Å². The van der Waals surface area contributed by atoms with Gasteiger partial charge in [-0.05, 0) is 48.6 Å². The first-order chi connectivity index (χ1) is 13.7. The van der Waals surface area contributed by atoms with Crippen LogP contribution < -0.4 is 0 Å². The van der Waals surface area contributed by atoms with Crippen molar-refractivity contribution in [1.29, 1.82) is 0 Å². The number of rotatable bonds is 6. The molecule has 2 nitrogen and oxygen atoms in total. The largest absolute Gasteiger partial charge is 0.319 e. The van der Waals surface area contributed by atoms with Gasteiger partial charge in [-0.25, -0.2) is 13.8 Å². The molecule has 0 amide bonds. The van der Waals surface area contributed by atoms with Crippen molar-refractivity contribution >= 4 is 22.8 Å². The van der Waals surface area contributed by atoms with Gasteiger partial charge >= 0.3 is 0 Å². The minimum absolute atomic E-state index is 0.277. The van der Waals surface area contributed by atoms with Crippen LogP contribution in [0.1, 0.15) is 18.9 Å². The Labute approximate surface area is 167 Å². The molecule has 0 aliphatic heterocycles. The molecule has 0 N–H and O–H groups in total. The van der Waals surface area contributed by atoms with Gasteiger partial charge in [0, 0.05) is 10.5 Å². The fourth-order valence-corrected chi connectivity index (χ4v) is 4.02. The van der Waals surface area contributed by atoms with Crippen LogP contribution in [0.25, 0.3) is 22.4 Å². The summed E-state index contributed by atoms with van der Waals surface area (Å²) in [6.45, 7) is 2.43. The molecule has 1 heterocycles. The van der Waals surface area contributed by atoms with E-state index in [1.54, 1.807) is 42.1 Å². The van der Waals surface area contributed by atoms with E-state index in [1.807, 2.05) is 22.8 Å². The van der Waals surface area contributed by atoms with Gasteiger partial charge in [-0.3, -0.25) is 0 Å². The number of benzene rings is 3. The number of imidazole rings is 1. The van der Waals surface area contributed by atoms with Crippen molar-refractivity contribution in [3.05, 3.63) is 83.9 Å². The average molecular weight is 394 g/mol. The van der Waals surface area contributed by atoms with E-state index >= 15 is 0 Å². The third-order valence-electron chi connectivity index (χ3n) is 4.59. The molecule has 0 saturated heterocycles. The minimum atomic E-state index is -0.340. The first-order valence-electron chi connectivity index (χ1n) is 9.28. The molecule has 1 aromatic heterocycles. The Morgan fingerprint density at radius 2 is 1.68 bits per heavy atom. The lowest BCUT2D eigenvalue weighted by Gasteiger charge is -2.11. The number of hydrogen-bond donors (Lipinski definition) is 0. The summed E-state index contributed by atoms with van der Waals surface area (Å²) in [4.78, 5) is 5.81. The fraction of sp³-hybridized carbons (Fsp3) is 0.174. The highest BCUT2D eigenvalue weighted by Gasteiger charge is 2.17. The summed E-state index contributed by atoms with van der Waals surface area (Å²) < 4.78 is 30.8. The van der Waals surface area contributed by atoms with Crippen LogP contribution in [-0.4, -0.2) is 15.3 Å². The molecule has 3 aromatic carbocycles. The Balaban J connectivity index is 1.90. The summed E-state index contributed by atoms with van der Waals surface area (Å²) in [5.74, 6) is 0.912. The summed E-state index contributed by atoms with van der Waals surface area (Å²) >= 11 is 1.77. The molecule has 0 saturated carbocycles. The van der Waals surface area contributed by atoms with E-state index in [1.165, 1.54) is 12.1 Å². The van der Waals surface area contributed by atoms with E-state index in [9.17, 15) is 8.78 Å². The van der Waals surface area contributed by atoms with Crippen molar-refractivity contribution in [2.24, 2.45) is 0 Å². The molecule has 0 fully saturated rings. The van der Waals surface area contributed by atoms with Crippen molar-refractivity contribution in [3.63, 3.8) is 0 Å². The Morgan fingerprint density at radius 3 is 2.43 bits per heavy atom. The molecule has 0 spiro atoms. The molecule has 0 aliphatic carbocycles. The molecule has 4 aromatic rings. The number of hydrogen-bond acceptors (Lipinski definition) is 2. The van der Waals surface area contributed by atoms with Gasteiger partial charge in [0.2, 0.25) is 0 Å². The van der Waals surface area contributed by atoms with E-state index in [4.69, 9.17) is 0 Å². The molecule has 0 radical (unpaired) electrons. The molecule has 5 heteroatoms. The summed E-state index contributed by atoms with van der Waals surface area (Å²) in [5.41, 5.74) is 2.61. The maximum absolute atomic E-state index is 14.5. The maximum Gasteiger partial charge on any atom is 0.144 e. The molecule has 142 valence electrons. The molecule has 0 unspecified atom stereocenters. The van der Waals surface area contributed by atoms with Gasteiger partial charge in [0.25, 0.3) is 0 Å². The first kappa shape index (κ1) is 18.7. The number of aromatic nitrogens is 2. The molecule has 0 aliphatic rings. The van der Waals surface area contributed by atoms with Gasteiger partial charge in [-0.2, -0.15) is 0 Å². The quantitative estimate of drug-likeness (QED) is 0.346. The molecular formula is C23H20F2N2S. The topological polar surface area (TPSA) is 17.8 Å². The van der Waals surface area contributed by atoms with Gasteiger partial charge in [-0.1, -0.05) is 37.3 Å². The summed E-state index contributed by atoms with van der Waals surface area (Å²) in [6, 6.07) is 19.3. The van der Waals surface area contributed by atoms with Crippen LogP contribution in [0.2, 0.25) is 0 Å². The Morgan fingerprint density at radius 1 is 0.929 bits per heavy atom. The smallest absolute Gasteiger partial charge is 0.144 e. The monoisotopic (exact) mass is 394 g/mol. The van der Waals surface area contributed by atoms with E-state index in [-0.39, 0.29) is 18.2 Å². The van der Waals surface area contributed by atoms with Crippen molar-refractivity contribution in [2.45, 2.75) is 24.8 Å². The molecule has 0 bridgehead atoms. The lowest BCUT2D eigenvalue weighted by molar-refractivity contribution is 0.601. The number of thioether (sulfide) groups is 1. The van der Waals surface area contributed by atoms with Gasteiger partial charge in [0.15, 0.2) is 0 Å². The molecular weight excluding hydrogens is 374 g/mol. The normalized spacial score (nSPS) is 11.2. The van der Waals surface area contributed by atoms with Crippen LogP contribution in [0.3, 0.4) is 0 Å². The van der Waals surface area contributed by atoms with E-state index in [2.05, 4.69) is 18.0 Å². The lowest BCUT2D eigenvalue weighted by Crippen LogP contribution is -2.05. The van der Waals surface area contributed by atoms with E-state index < -0.39 is 0 Å². The average Bonchev–Trinajstić information content (AvgIpc) is 3.06. The summed E-state index contributed by atoms with van der Waals surface area (Å²) in [7, 11) is 0. The highest BCUT2D eigenvalue weighted by Crippen LogP contribution is 2.31. The standard InChI is InChI=1S/C23H20F2N2S/c1-2-13-28-17-11-12-21-22(14-17)27(15-16-7-3-5-9-19(16)24)23(26-21)18-8-4-6-10-20(18)25/h3-12,14H,2,13,15H2,1H3. The second-order valence-corrected chi connectivity index (χ2v) is 7.76. The number of fused-ring (bicyclic) bond motifs is 1. The summed E-state index contributed by atoms with van der Waals surface area (Å²) in [6.07, 6.45) is 1.08. The predicted octanol–water partition coefficient (Wildman–Crippen LogP) is 6.53. The highest BCUT2D eigenvalue weighted by molar-refractivity contribution is 7.99. The van der Waals surface area contributed by atoms with Gasteiger partial charge < -0.3 is 4.57 Å². The van der Waals surface area contributed by atoms with Crippen LogP contribution in [0.5, 0.6) is 0 Å². The van der Waals surface area contributed by atoms with Crippen molar-refractivity contribution < 1.29 is 8.78 Å². The van der Waals surface area contributed by atoms with Crippen molar-refractivity contribution in [2.75, 3.05) is 5.75 Å². The Hall–Kier alpha value is -2.66. The zero-order valence-corrected chi connectivity index (χ0v) is 16.3. The van der Waals surface area contributed by atoms with E-state index in [0.29, 0.717) is 17.0 Å². The van der Waals surface area contributed by atoms with Crippen LogP contribution in [0.4, 0.5) is 8.78 Å². The molecule has 28 heavy (non-hydrogen) atoms. The van der Waals surface area contributed by atoms with Crippen LogP contribution >= 0.6 is 11.8 Å². The molecule has 4 rings (SSSR count). The number of halogens is 2. The first-order valence-corrected chi connectivity index (χ1v) is 10.3. The predicted molar refractivity (Wildman–Crippen MR) is 112 cm³/mol. The molecule has 0 atom stereocenters. The summed E-state index contributed by atoms with van der Waals surface area (Å²) in [5, 5.41) is 0. The number of nitrogens with zero attached hydrogens (tertiary/aromatic N) is 2. The zero-order chi connectivity index (χ0) is 19.5. The minimum Gasteiger partial charge on any atom is -0.319 e. The van der Waals surface area contributed by atoms with Crippen LogP contribution in [0, 0.1) is 11.6 Å². The zero-order valence-electron chi connectivity index (χ0n) is 15.5. The van der Waals surface area contributed by atoms with Gasteiger partial charge in [0.05, 0.1) is 23.1 Å². The fourth-order valence-electron chi connectivity index (χ4n) is 3.22. The lowest BCUT2D eigenvalue weighted by atomic mass is 10.1. The van der Waals surface area contributed by atoms with Crippen LogP contribution in [0.15, 0.2) is 71.6 Å². The van der Waals surface area contributed by atoms with Gasteiger partial charge in [0.1, 0.15) is 17.5 Å². The maximum atomic E-state index is 14.5. The highest BCUT2D eigenvalue weighted by atomic mass is 32.2. The van der Waals surface area contributed by atoms with Crippen LogP contribution in [-0.2, 0) is 6.54 Å². The van der Waals surface area contributed by atoms with Crippen molar-refractivity contribution in [3.8, 4) is 11.4 Å². The SMILES string of the molecule is CCCSc1ccc2nc(-c3ccccc3F)n(Cc3ccccc3F)c2c1. The third kappa shape index (κ3) is 3.67. The Bertz CT molecular complexity index is 1120. The second kappa shape index (κ2) is 8.15.